The predicted octanol–water partition coefficient (Wildman–Crippen LogP) is 2.81. The van der Waals surface area contributed by atoms with Crippen LogP contribution in [0.3, 0.4) is 0 Å². The molecular formula is C15H18BrNO3. The third-order valence-electron chi connectivity index (χ3n) is 3.81. The third kappa shape index (κ3) is 3.60. The Morgan fingerprint density at radius 2 is 2.05 bits per heavy atom. The molecule has 0 saturated heterocycles. The van der Waals surface area contributed by atoms with E-state index in [1.807, 2.05) is 31.2 Å². The van der Waals surface area contributed by atoms with Crippen molar-refractivity contribution in [3.8, 4) is 0 Å². The van der Waals surface area contributed by atoms with E-state index in [9.17, 15) is 14.7 Å². The van der Waals surface area contributed by atoms with Gasteiger partial charge < -0.3 is 10.4 Å². The fourth-order valence-corrected chi connectivity index (χ4v) is 3.27. The van der Waals surface area contributed by atoms with Crippen LogP contribution in [-0.2, 0) is 16.1 Å². The number of hydrogen-bond acceptors (Lipinski definition) is 2. The van der Waals surface area contributed by atoms with Gasteiger partial charge in [-0.3, -0.25) is 9.59 Å². The summed E-state index contributed by atoms with van der Waals surface area (Å²) in [6.07, 6.45) is 1.24. The summed E-state index contributed by atoms with van der Waals surface area (Å²) in [5.41, 5.74) is 0.991. The van der Waals surface area contributed by atoms with E-state index in [1.54, 1.807) is 0 Å². The highest BCUT2D eigenvalue weighted by molar-refractivity contribution is 9.10. The first kappa shape index (κ1) is 15.0. The van der Waals surface area contributed by atoms with Gasteiger partial charge in [-0.1, -0.05) is 35.0 Å². The van der Waals surface area contributed by atoms with Crippen molar-refractivity contribution in [3.63, 3.8) is 0 Å². The molecule has 20 heavy (non-hydrogen) atoms. The van der Waals surface area contributed by atoms with Crippen molar-refractivity contribution < 1.29 is 14.7 Å². The smallest absolute Gasteiger partial charge is 0.307 e. The van der Waals surface area contributed by atoms with Gasteiger partial charge in [0.25, 0.3) is 0 Å². The molecule has 1 aliphatic rings. The molecule has 3 atom stereocenters. The molecular weight excluding hydrogens is 322 g/mol. The van der Waals surface area contributed by atoms with E-state index in [2.05, 4.69) is 21.2 Å². The van der Waals surface area contributed by atoms with Crippen molar-refractivity contribution in [2.24, 2.45) is 17.8 Å². The Morgan fingerprint density at radius 3 is 2.70 bits per heavy atom. The maximum absolute atomic E-state index is 12.2. The molecule has 0 aliphatic heterocycles. The molecule has 0 aromatic heterocycles. The van der Waals surface area contributed by atoms with Crippen molar-refractivity contribution in [2.45, 2.75) is 26.3 Å². The van der Waals surface area contributed by atoms with E-state index in [0.29, 0.717) is 19.4 Å². The first-order chi connectivity index (χ1) is 9.47. The minimum absolute atomic E-state index is 0.151. The number of carboxylic acids is 1. The van der Waals surface area contributed by atoms with Crippen molar-refractivity contribution >= 4 is 27.8 Å². The summed E-state index contributed by atoms with van der Waals surface area (Å²) in [6, 6.07) is 7.69. The number of carboxylic acid groups (broad SMARTS) is 1. The molecule has 0 bridgehead atoms. The molecule has 2 rings (SSSR count). The molecule has 1 aromatic rings. The van der Waals surface area contributed by atoms with Gasteiger partial charge in [0.05, 0.1) is 11.8 Å². The van der Waals surface area contributed by atoms with Crippen molar-refractivity contribution in [3.05, 3.63) is 34.3 Å². The summed E-state index contributed by atoms with van der Waals surface area (Å²) in [6.45, 7) is 2.42. The maximum Gasteiger partial charge on any atom is 0.307 e. The van der Waals surface area contributed by atoms with Crippen LogP contribution in [0.15, 0.2) is 28.7 Å². The van der Waals surface area contributed by atoms with Gasteiger partial charge in [0.15, 0.2) is 0 Å². The zero-order chi connectivity index (χ0) is 14.7. The van der Waals surface area contributed by atoms with Crippen LogP contribution in [0.2, 0.25) is 0 Å². The van der Waals surface area contributed by atoms with Crippen LogP contribution in [0.1, 0.15) is 25.3 Å². The number of carbonyl (C=O) groups excluding carboxylic acids is 1. The molecule has 0 heterocycles. The highest BCUT2D eigenvalue weighted by atomic mass is 79.9. The van der Waals surface area contributed by atoms with Crippen molar-refractivity contribution in [2.75, 3.05) is 0 Å². The summed E-state index contributed by atoms with van der Waals surface area (Å²) in [5, 5.41) is 12.0. The predicted molar refractivity (Wildman–Crippen MR) is 79.0 cm³/mol. The van der Waals surface area contributed by atoms with Gasteiger partial charge in [-0.05, 0) is 36.5 Å². The number of halogens is 1. The lowest BCUT2D eigenvalue weighted by Crippen LogP contribution is -2.34. The molecule has 1 unspecified atom stereocenters. The molecule has 108 valence electrons. The maximum atomic E-state index is 12.2. The van der Waals surface area contributed by atoms with E-state index in [-0.39, 0.29) is 11.8 Å². The number of aliphatic carboxylic acids is 1. The normalized spacial score (nSPS) is 25.4. The molecule has 0 spiro atoms. The minimum Gasteiger partial charge on any atom is -0.481 e. The van der Waals surface area contributed by atoms with Gasteiger partial charge in [0.1, 0.15) is 0 Å². The van der Waals surface area contributed by atoms with Crippen LogP contribution in [0.5, 0.6) is 0 Å². The van der Waals surface area contributed by atoms with E-state index in [1.165, 1.54) is 0 Å². The average Bonchev–Trinajstić information content (AvgIpc) is 2.78. The second-order valence-electron chi connectivity index (χ2n) is 5.48. The van der Waals surface area contributed by atoms with Gasteiger partial charge in [0, 0.05) is 11.0 Å². The van der Waals surface area contributed by atoms with Gasteiger partial charge in [-0.15, -0.1) is 0 Å². The van der Waals surface area contributed by atoms with Crippen molar-refractivity contribution in [1.82, 2.24) is 5.32 Å². The zero-order valence-electron chi connectivity index (χ0n) is 11.3. The zero-order valence-corrected chi connectivity index (χ0v) is 12.9. The molecule has 1 fully saturated rings. The van der Waals surface area contributed by atoms with Gasteiger partial charge >= 0.3 is 5.97 Å². The molecule has 4 nitrogen and oxygen atoms in total. The number of benzene rings is 1. The van der Waals surface area contributed by atoms with Crippen LogP contribution in [0.25, 0.3) is 0 Å². The molecule has 0 radical (unpaired) electrons. The fraction of sp³-hybridized carbons (Fsp3) is 0.467. The Kier molecular flexibility index (Phi) is 4.81. The topological polar surface area (TPSA) is 66.4 Å². The molecule has 1 aliphatic carbocycles. The number of rotatable bonds is 4. The lowest BCUT2D eigenvalue weighted by atomic mass is 9.95. The van der Waals surface area contributed by atoms with Crippen molar-refractivity contribution in [1.29, 1.82) is 0 Å². The molecule has 5 heteroatoms. The number of amides is 1. The number of carbonyl (C=O) groups is 2. The Bertz CT molecular complexity index is 518. The third-order valence-corrected chi connectivity index (χ3v) is 4.30. The average molecular weight is 340 g/mol. The summed E-state index contributed by atoms with van der Waals surface area (Å²) in [7, 11) is 0. The molecule has 1 amide bonds. The summed E-state index contributed by atoms with van der Waals surface area (Å²) in [4.78, 5) is 23.4. The van der Waals surface area contributed by atoms with Crippen LogP contribution < -0.4 is 5.32 Å². The van der Waals surface area contributed by atoms with E-state index in [4.69, 9.17) is 0 Å². The molecule has 1 saturated carbocycles. The lowest BCUT2D eigenvalue weighted by molar-refractivity contribution is -0.146. The van der Waals surface area contributed by atoms with Gasteiger partial charge in [0.2, 0.25) is 5.91 Å². The Morgan fingerprint density at radius 1 is 1.35 bits per heavy atom. The van der Waals surface area contributed by atoms with Gasteiger partial charge in [-0.25, -0.2) is 0 Å². The van der Waals surface area contributed by atoms with E-state index >= 15 is 0 Å². The molecule has 1 aromatic carbocycles. The lowest BCUT2D eigenvalue weighted by Gasteiger charge is -2.15. The first-order valence-corrected chi connectivity index (χ1v) is 7.51. The van der Waals surface area contributed by atoms with Gasteiger partial charge in [-0.2, -0.15) is 0 Å². The van der Waals surface area contributed by atoms with Crippen LogP contribution in [-0.4, -0.2) is 17.0 Å². The van der Waals surface area contributed by atoms with Crippen LogP contribution in [0, 0.1) is 17.8 Å². The van der Waals surface area contributed by atoms with Crippen LogP contribution in [0.4, 0.5) is 0 Å². The minimum atomic E-state index is -0.864. The Balaban J connectivity index is 1.96. The van der Waals surface area contributed by atoms with Crippen LogP contribution >= 0.6 is 15.9 Å². The quantitative estimate of drug-likeness (QED) is 0.886. The Labute approximate surface area is 126 Å². The first-order valence-electron chi connectivity index (χ1n) is 6.72. The van der Waals surface area contributed by atoms with E-state index < -0.39 is 17.8 Å². The largest absolute Gasteiger partial charge is 0.481 e. The SMILES string of the molecule is CC1C[C@H](C(=O)NCc2cccc(Br)c2)[C@H](C(=O)O)C1. The summed E-state index contributed by atoms with van der Waals surface area (Å²) < 4.78 is 0.960. The number of hydrogen-bond donors (Lipinski definition) is 2. The Hall–Kier alpha value is -1.36. The van der Waals surface area contributed by atoms with E-state index in [0.717, 1.165) is 10.0 Å². The fourth-order valence-electron chi connectivity index (χ4n) is 2.82. The summed E-state index contributed by atoms with van der Waals surface area (Å²) >= 11 is 3.38. The second kappa shape index (κ2) is 6.39. The summed E-state index contributed by atoms with van der Waals surface area (Å²) in [5.74, 6) is -1.68. The second-order valence-corrected chi connectivity index (χ2v) is 6.39. The monoisotopic (exact) mass is 339 g/mol. The highest BCUT2D eigenvalue weighted by Crippen LogP contribution is 2.36. The highest BCUT2D eigenvalue weighted by Gasteiger charge is 2.40. The standard InChI is InChI=1S/C15H18BrNO3/c1-9-5-12(13(6-9)15(19)20)14(18)17-8-10-3-2-4-11(16)7-10/h2-4,7,9,12-13H,5-6,8H2,1H3,(H,17,18)(H,19,20)/t9?,12-,13+/m0/s1. The number of nitrogens with one attached hydrogen (secondary N) is 1. The molecule has 2 N–H and O–H groups in total.